The molecule has 2 aromatic rings. The highest BCUT2D eigenvalue weighted by Gasteiger charge is 2.06. The molecule has 1 aromatic heterocycles. The average Bonchev–Trinajstić information content (AvgIpc) is 2.63. The maximum absolute atomic E-state index is 11.2. The molecule has 2 rings (SSSR count). The summed E-state index contributed by atoms with van der Waals surface area (Å²) < 4.78 is 4.50. The molecule has 1 N–H and O–H groups in total. The Morgan fingerprint density at radius 2 is 2.15 bits per heavy atom. The summed E-state index contributed by atoms with van der Waals surface area (Å²) in [4.78, 5) is 11.2. The fourth-order valence-electron chi connectivity index (χ4n) is 1.07. The van der Waals surface area contributed by atoms with Gasteiger partial charge in [0.2, 0.25) is 0 Å². The van der Waals surface area contributed by atoms with Crippen molar-refractivity contribution in [3.63, 3.8) is 0 Å². The van der Waals surface area contributed by atoms with E-state index >= 15 is 0 Å². The lowest BCUT2D eigenvalue weighted by molar-refractivity contribution is 0.0963. The van der Waals surface area contributed by atoms with Crippen LogP contribution in [-0.4, -0.2) is 23.3 Å². The van der Waals surface area contributed by atoms with Gasteiger partial charge >= 0.3 is 0 Å². The Morgan fingerprint density at radius 1 is 1.38 bits per heavy atom. The van der Waals surface area contributed by atoms with E-state index in [2.05, 4.69) is 20.3 Å². The number of benzene rings is 1. The number of nitrogens with zero attached hydrogens (tertiary/aromatic N) is 2. The van der Waals surface area contributed by atoms with Gasteiger partial charge in [0.25, 0.3) is 5.91 Å². The normalized spacial score (nSPS) is 10.2. The highest BCUT2D eigenvalue weighted by molar-refractivity contribution is 5.96. The van der Waals surface area contributed by atoms with Crippen molar-refractivity contribution in [2.45, 2.75) is 0 Å². The Bertz CT molecular complexity index is 449. The molecule has 5 heteroatoms. The Hall–Kier alpha value is -1.91. The number of carbonyl (C=O) groups excluding carboxylic acids is 1. The lowest BCUT2D eigenvalue weighted by Crippen LogP contribution is -2.17. The molecular formula is C8H7N3O2. The van der Waals surface area contributed by atoms with Gasteiger partial charge in [0.15, 0.2) is 0 Å². The molecule has 0 saturated heterocycles. The first-order valence-corrected chi connectivity index (χ1v) is 3.75. The fourth-order valence-corrected chi connectivity index (χ4v) is 1.07. The molecule has 0 atom stereocenters. The molecule has 1 amide bonds. The van der Waals surface area contributed by atoms with Crippen LogP contribution in [0.25, 0.3) is 11.0 Å². The van der Waals surface area contributed by atoms with Crippen LogP contribution < -0.4 is 5.32 Å². The monoisotopic (exact) mass is 177 g/mol. The molecule has 66 valence electrons. The Kier molecular flexibility index (Phi) is 1.70. The number of carbonyl (C=O) groups is 1. The van der Waals surface area contributed by atoms with E-state index in [4.69, 9.17) is 0 Å². The predicted molar refractivity (Wildman–Crippen MR) is 45.2 cm³/mol. The second-order valence-electron chi connectivity index (χ2n) is 2.55. The molecule has 0 fully saturated rings. The SMILES string of the molecule is CNC(=O)c1ccc2nonc2c1. The number of fused-ring (bicyclic) bond motifs is 1. The first kappa shape index (κ1) is 7.72. The number of rotatable bonds is 1. The van der Waals surface area contributed by atoms with E-state index in [0.717, 1.165) is 0 Å². The topological polar surface area (TPSA) is 68.0 Å². The summed E-state index contributed by atoms with van der Waals surface area (Å²) in [7, 11) is 1.58. The van der Waals surface area contributed by atoms with Gasteiger partial charge in [-0.25, -0.2) is 4.63 Å². The average molecular weight is 177 g/mol. The van der Waals surface area contributed by atoms with E-state index in [9.17, 15) is 4.79 Å². The molecule has 1 heterocycles. The van der Waals surface area contributed by atoms with Crippen molar-refractivity contribution < 1.29 is 9.42 Å². The third kappa shape index (κ3) is 1.24. The van der Waals surface area contributed by atoms with Crippen molar-refractivity contribution in [2.24, 2.45) is 0 Å². The standard InChI is InChI=1S/C8H7N3O2/c1-9-8(12)5-2-3-6-7(4-5)11-13-10-6/h2-4H,1H3,(H,9,12). The first-order valence-electron chi connectivity index (χ1n) is 3.75. The van der Waals surface area contributed by atoms with E-state index in [1.165, 1.54) is 0 Å². The minimum atomic E-state index is -0.148. The predicted octanol–water partition coefficient (Wildman–Crippen LogP) is 0.582. The Balaban J connectivity index is 2.54. The summed E-state index contributed by atoms with van der Waals surface area (Å²) in [5.41, 5.74) is 1.78. The second kappa shape index (κ2) is 2.85. The van der Waals surface area contributed by atoms with Gasteiger partial charge in [-0.3, -0.25) is 4.79 Å². The van der Waals surface area contributed by atoms with Crippen LogP contribution >= 0.6 is 0 Å². The molecular weight excluding hydrogens is 170 g/mol. The zero-order valence-corrected chi connectivity index (χ0v) is 6.94. The molecule has 0 aliphatic rings. The van der Waals surface area contributed by atoms with Gasteiger partial charge < -0.3 is 5.32 Å². The molecule has 0 aliphatic carbocycles. The number of aromatic nitrogens is 2. The van der Waals surface area contributed by atoms with Crippen molar-refractivity contribution in [3.8, 4) is 0 Å². The van der Waals surface area contributed by atoms with Crippen molar-refractivity contribution >= 4 is 16.9 Å². The highest BCUT2D eigenvalue weighted by atomic mass is 16.6. The molecule has 13 heavy (non-hydrogen) atoms. The summed E-state index contributed by atoms with van der Waals surface area (Å²) in [6.07, 6.45) is 0. The minimum absolute atomic E-state index is 0.148. The Labute approximate surface area is 73.7 Å². The van der Waals surface area contributed by atoms with Crippen LogP contribution in [0, 0.1) is 0 Å². The number of amides is 1. The molecule has 0 bridgehead atoms. The quantitative estimate of drug-likeness (QED) is 0.691. The summed E-state index contributed by atoms with van der Waals surface area (Å²) in [5, 5.41) is 9.78. The van der Waals surface area contributed by atoms with Crippen molar-refractivity contribution in [2.75, 3.05) is 7.05 Å². The number of nitrogens with one attached hydrogen (secondary N) is 1. The van der Waals surface area contributed by atoms with Gasteiger partial charge in [-0.15, -0.1) is 0 Å². The van der Waals surface area contributed by atoms with Gasteiger partial charge in [-0.05, 0) is 28.5 Å². The van der Waals surface area contributed by atoms with Crippen LogP contribution in [0.15, 0.2) is 22.8 Å². The van der Waals surface area contributed by atoms with Gasteiger partial charge in [-0.1, -0.05) is 0 Å². The maximum Gasteiger partial charge on any atom is 0.251 e. The largest absolute Gasteiger partial charge is 0.355 e. The zero-order valence-electron chi connectivity index (χ0n) is 6.94. The lowest BCUT2D eigenvalue weighted by Gasteiger charge is -1.96. The highest BCUT2D eigenvalue weighted by Crippen LogP contribution is 2.10. The lowest BCUT2D eigenvalue weighted by atomic mass is 10.2. The van der Waals surface area contributed by atoms with Crippen molar-refractivity contribution in [3.05, 3.63) is 23.8 Å². The summed E-state index contributed by atoms with van der Waals surface area (Å²) in [6.45, 7) is 0. The molecule has 0 radical (unpaired) electrons. The van der Waals surface area contributed by atoms with E-state index in [0.29, 0.717) is 16.6 Å². The van der Waals surface area contributed by atoms with Gasteiger partial charge in [0, 0.05) is 12.6 Å². The molecule has 0 spiro atoms. The number of hydrogen-bond donors (Lipinski definition) is 1. The van der Waals surface area contributed by atoms with E-state index in [-0.39, 0.29) is 5.91 Å². The zero-order chi connectivity index (χ0) is 9.26. The van der Waals surface area contributed by atoms with Gasteiger partial charge in [-0.2, -0.15) is 0 Å². The van der Waals surface area contributed by atoms with E-state index in [1.807, 2.05) is 0 Å². The smallest absolute Gasteiger partial charge is 0.251 e. The minimum Gasteiger partial charge on any atom is -0.355 e. The fraction of sp³-hybridized carbons (Fsp3) is 0.125. The molecule has 5 nitrogen and oxygen atoms in total. The van der Waals surface area contributed by atoms with Crippen LogP contribution in [0.3, 0.4) is 0 Å². The number of hydrogen-bond acceptors (Lipinski definition) is 4. The maximum atomic E-state index is 11.2. The molecule has 1 aromatic carbocycles. The summed E-state index contributed by atoms with van der Waals surface area (Å²) >= 11 is 0. The van der Waals surface area contributed by atoms with Crippen LogP contribution in [0.1, 0.15) is 10.4 Å². The molecule has 0 unspecified atom stereocenters. The molecule has 0 aliphatic heterocycles. The third-order valence-corrected chi connectivity index (χ3v) is 1.74. The molecule has 0 saturated carbocycles. The van der Waals surface area contributed by atoms with E-state index in [1.54, 1.807) is 25.2 Å². The second-order valence-corrected chi connectivity index (χ2v) is 2.55. The van der Waals surface area contributed by atoms with Gasteiger partial charge in [0.05, 0.1) is 0 Å². The van der Waals surface area contributed by atoms with Gasteiger partial charge in [0.1, 0.15) is 11.0 Å². The Morgan fingerprint density at radius 3 is 2.92 bits per heavy atom. The van der Waals surface area contributed by atoms with Crippen molar-refractivity contribution in [1.82, 2.24) is 15.6 Å². The first-order chi connectivity index (χ1) is 6.31. The van der Waals surface area contributed by atoms with Crippen LogP contribution in [0.2, 0.25) is 0 Å². The third-order valence-electron chi connectivity index (χ3n) is 1.74. The van der Waals surface area contributed by atoms with E-state index < -0.39 is 0 Å². The van der Waals surface area contributed by atoms with Crippen molar-refractivity contribution in [1.29, 1.82) is 0 Å². The summed E-state index contributed by atoms with van der Waals surface area (Å²) in [6, 6.07) is 4.99. The van der Waals surface area contributed by atoms with Crippen LogP contribution in [0.4, 0.5) is 0 Å². The van der Waals surface area contributed by atoms with Crippen LogP contribution in [0.5, 0.6) is 0 Å². The summed E-state index contributed by atoms with van der Waals surface area (Å²) in [5.74, 6) is -0.148. The van der Waals surface area contributed by atoms with Crippen LogP contribution in [-0.2, 0) is 0 Å².